The Morgan fingerprint density at radius 1 is 1.40 bits per heavy atom. The van der Waals surface area contributed by atoms with Gasteiger partial charge in [0.15, 0.2) is 18.0 Å². The summed E-state index contributed by atoms with van der Waals surface area (Å²) in [5, 5.41) is 11.9. The van der Waals surface area contributed by atoms with Crippen molar-refractivity contribution in [2.75, 3.05) is 12.5 Å². The van der Waals surface area contributed by atoms with Crippen molar-refractivity contribution in [2.45, 2.75) is 0 Å². The lowest BCUT2D eigenvalue weighted by atomic mass is 10.2. The van der Waals surface area contributed by atoms with E-state index in [4.69, 9.17) is 4.18 Å². The molecule has 0 fully saturated rings. The van der Waals surface area contributed by atoms with Crippen LogP contribution in [-0.2, 0) is 7.05 Å². The molecule has 2 aromatic heterocycles. The van der Waals surface area contributed by atoms with Gasteiger partial charge >= 0.3 is 0 Å². The van der Waals surface area contributed by atoms with Gasteiger partial charge in [-0.3, -0.25) is 9.78 Å². The van der Waals surface area contributed by atoms with Crippen LogP contribution in [0.2, 0.25) is 0 Å². The highest BCUT2D eigenvalue weighted by Gasteiger charge is 2.08. The van der Waals surface area contributed by atoms with Crippen molar-refractivity contribution < 1.29 is 4.18 Å². The number of anilines is 1. The molecule has 0 radical (unpaired) electrons. The Balaban J connectivity index is 1.71. The van der Waals surface area contributed by atoms with Crippen molar-refractivity contribution in [3.8, 4) is 5.75 Å². The first-order chi connectivity index (χ1) is 9.74. The quantitative estimate of drug-likeness (QED) is 0.426. The van der Waals surface area contributed by atoms with Crippen molar-refractivity contribution in [2.24, 2.45) is 7.05 Å². The second-order valence-electron chi connectivity index (χ2n) is 4.21. The predicted octanol–water partition coefficient (Wildman–Crippen LogP) is 2.20. The molecule has 20 heavy (non-hydrogen) atoms. The smallest absolute Gasteiger partial charge is 0.176 e. The van der Waals surface area contributed by atoms with Crippen molar-refractivity contribution >= 4 is 28.8 Å². The van der Waals surface area contributed by atoms with Crippen LogP contribution in [0.4, 0.5) is 5.69 Å². The average molecular weight is 290 g/mol. The SMILES string of the molecule is CN(Nc1cccc2cnn(C)c12)SOc1cn[nH]c1. The number of aryl methyl sites for hydroxylation is 1. The van der Waals surface area contributed by atoms with E-state index in [9.17, 15) is 0 Å². The lowest BCUT2D eigenvalue weighted by molar-refractivity contribution is 0.571. The zero-order chi connectivity index (χ0) is 13.9. The van der Waals surface area contributed by atoms with Crippen LogP contribution in [0.15, 0.2) is 36.8 Å². The number of fused-ring (bicyclic) bond motifs is 1. The number of para-hydroxylation sites is 1. The van der Waals surface area contributed by atoms with Crippen LogP contribution in [0.5, 0.6) is 5.75 Å². The molecule has 0 amide bonds. The molecule has 104 valence electrons. The Morgan fingerprint density at radius 3 is 3.10 bits per heavy atom. The standard InChI is InChI=1S/C12H14N6OS/c1-17-12-9(6-15-17)4-3-5-11(12)16-18(2)20-19-10-7-13-14-8-10/h3-8,16H,1-2H3,(H,13,14). The van der Waals surface area contributed by atoms with E-state index in [0.29, 0.717) is 5.75 Å². The molecule has 2 N–H and O–H groups in total. The van der Waals surface area contributed by atoms with Gasteiger partial charge in [0.25, 0.3) is 0 Å². The van der Waals surface area contributed by atoms with Crippen LogP contribution in [-0.4, -0.2) is 31.4 Å². The molecule has 3 aromatic rings. The molecule has 1 aromatic carbocycles. The summed E-state index contributed by atoms with van der Waals surface area (Å²) in [6.45, 7) is 0. The summed E-state index contributed by atoms with van der Waals surface area (Å²) in [5.41, 5.74) is 5.26. The van der Waals surface area contributed by atoms with Gasteiger partial charge < -0.3 is 9.61 Å². The maximum Gasteiger partial charge on any atom is 0.176 e. The minimum Gasteiger partial charge on any atom is -0.405 e. The number of nitrogens with one attached hydrogen (secondary N) is 2. The number of nitrogens with zero attached hydrogens (tertiary/aromatic N) is 4. The molecule has 0 unspecified atom stereocenters. The number of rotatable bonds is 5. The van der Waals surface area contributed by atoms with Crippen LogP contribution in [0.1, 0.15) is 0 Å². The Morgan fingerprint density at radius 2 is 2.30 bits per heavy atom. The lowest BCUT2D eigenvalue weighted by Gasteiger charge is -2.17. The summed E-state index contributed by atoms with van der Waals surface area (Å²) in [6.07, 6.45) is 5.14. The first-order valence-corrected chi connectivity index (χ1v) is 6.68. The summed E-state index contributed by atoms with van der Waals surface area (Å²) < 4.78 is 9.08. The number of benzene rings is 1. The zero-order valence-corrected chi connectivity index (χ0v) is 11.9. The summed E-state index contributed by atoms with van der Waals surface area (Å²) >= 11 is 1.18. The lowest BCUT2D eigenvalue weighted by Crippen LogP contribution is -2.19. The third-order valence-electron chi connectivity index (χ3n) is 2.76. The van der Waals surface area contributed by atoms with Gasteiger partial charge in [-0.05, 0) is 6.07 Å². The Labute approximate surface area is 120 Å². The number of hydrogen-bond donors (Lipinski definition) is 2. The minimum atomic E-state index is 0.669. The second kappa shape index (κ2) is 5.43. The molecule has 2 heterocycles. The van der Waals surface area contributed by atoms with E-state index in [-0.39, 0.29) is 0 Å². The maximum atomic E-state index is 5.47. The van der Waals surface area contributed by atoms with Crippen LogP contribution < -0.4 is 9.61 Å². The molecular formula is C12H14N6OS. The average Bonchev–Trinajstić information content (AvgIpc) is 3.07. The van der Waals surface area contributed by atoms with Crippen molar-refractivity contribution in [3.63, 3.8) is 0 Å². The van der Waals surface area contributed by atoms with Crippen LogP contribution in [0.25, 0.3) is 10.9 Å². The highest BCUT2D eigenvalue weighted by atomic mass is 32.2. The van der Waals surface area contributed by atoms with Gasteiger partial charge in [0.2, 0.25) is 0 Å². The summed E-state index contributed by atoms with van der Waals surface area (Å²) in [5.74, 6) is 0.669. The van der Waals surface area contributed by atoms with Gasteiger partial charge in [-0.2, -0.15) is 10.2 Å². The fourth-order valence-corrected chi connectivity index (χ4v) is 2.32. The summed E-state index contributed by atoms with van der Waals surface area (Å²) in [7, 11) is 3.79. The molecule has 0 saturated carbocycles. The van der Waals surface area contributed by atoms with Crippen molar-refractivity contribution in [3.05, 3.63) is 36.8 Å². The molecule has 0 aliphatic rings. The van der Waals surface area contributed by atoms with Crippen LogP contribution >= 0.6 is 12.2 Å². The first kappa shape index (κ1) is 12.8. The highest BCUT2D eigenvalue weighted by molar-refractivity contribution is 7.92. The normalized spacial score (nSPS) is 11.2. The second-order valence-corrected chi connectivity index (χ2v) is 5.08. The van der Waals surface area contributed by atoms with E-state index < -0.39 is 0 Å². The topological polar surface area (TPSA) is 71.0 Å². The maximum absolute atomic E-state index is 5.47. The molecule has 0 saturated heterocycles. The number of aromatic amines is 1. The molecule has 0 aliphatic heterocycles. The van der Waals surface area contributed by atoms with Gasteiger partial charge in [-0.1, -0.05) is 12.1 Å². The van der Waals surface area contributed by atoms with Crippen LogP contribution in [0, 0.1) is 0 Å². The van der Waals surface area contributed by atoms with Crippen molar-refractivity contribution in [1.29, 1.82) is 0 Å². The van der Waals surface area contributed by atoms with E-state index >= 15 is 0 Å². The van der Waals surface area contributed by atoms with E-state index in [1.807, 2.05) is 43.2 Å². The first-order valence-electron chi connectivity index (χ1n) is 5.98. The molecule has 0 bridgehead atoms. The molecule has 0 spiro atoms. The Hall–Kier alpha value is -2.19. The number of aromatic nitrogens is 4. The van der Waals surface area contributed by atoms with Gasteiger partial charge in [-0.15, -0.1) is 4.41 Å². The third kappa shape index (κ3) is 2.56. The molecule has 7 nitrogen and oxygen atoms in total. The molecular weight excluding hydrogens is 276 g/mol. The molecule has 0 aliphatic carbocycles. The minimum absolute atomic E-state index is 0.669. The summed E-state index contributed by atoms with van der Waals surface area (Å²) in [4.78, 5) is 0. The fraction of sp³-hybridized carbons (Fsp3) is 0.167. The number of H-pyrrole nitrogens is 1. The van der Waals surface area contributed by atoms with Gasteiger partial charge in [-0.25, -0.2) is 0 Å². The molecule has 8 heteroatoms. The van der Waals surface area contributed by atoms with E-state index in [1.54, 1.807) is 16.8 Å². The fourth-order valence-electron chi connectivity index (χ4n) is 1.90. The monoisotopic (exact) mass is 290 g/mol. The highest BCUT2D eigenvalue weighted by Crippen LogP contribution is 2.24. The van der Waals surface area contributed by atoms with E-state index in [0.717, 1.165) is 16.6 Å². The van der Waals surface area contributed by atoms with E-state index in [2.05, 4.69) is 20.7 Å². The van der Waals surface area contributed by atoms with Crippen LogP contribution in [0.3, 0.4) is 0 Å². The zero-order valence-electron chi connectivity index (χ0n) is 11.1. The largest absolute Gasteiger partial charge is 0.405 e. The van der Waals surface area contributed by atoms with Gasteiger partial charge in [0.1, 0.15) is 0 Å². The van der Waals surface area contributed by atoms with Gasteiger partial charge in [0, 0.05) is 19.5 Å². The van der Waals surface area contributed by atoms with Crippen molar-refractivity contribution in [1.82, 2.24) is 24.4 Å². The molecule has 3 rings (SSSR count). The summed E-state index contributed by atoms with van der Waals surface area (Å²) in [6, 6.07) is 6.02. The molecule has 0 atom stereocenters. The Kier molecular flexibility index (Phi) is 3.48. The van der Waals surface area contributed by atoms with Gasteiger partial charge in [0.05, 0.1) is 29.8 Å². The van der Waals surface area contributed by atoms with E-state index in [1.165, 1.54) is 12.2 Å². The third-order valence-corrected chi connectivity index (χ3v) is 3.34. The Bertz CT molecular complexity index is 695. The number of hydrogen-bond acceptors (Lipinski definition) is 6. The number of hydrazine groups is 1. The predicted molar refractivity (Wildman–Crippen MR) is 78.9 cm³/mol.